The molecule has 7 heteroatoms. The van der Waals surface area contributed by atoms with Crippen LogP contribution < -0.4 is 10.6 Å². The van der Waals surface area contributed by atoms with Gasteiger partial charge in [-0.2, -0.15) is 0 Å². The molecule has 0 saturated heterocycles. The molecule has 2 aromatic heterocycles. The van der Waals surface area contributed by atoms with Gasteiger partial charge in [-0.25, -0.2) is 9.97 Å². The number of carbonyl (C=O) groups is 1. The molecule has 0 fully saturated rings. The standard InChI is InChI=1S/C19H17ClN4OS/c1-21-19-23-10-12-4-7-15-14(17(12)24-19)8-16(26-15)18(25)22-9-11-2-5-13(20)6-3-11/h2-3,5-6,8,10H,4,7,9H2,1H3,(H,22,25)(H,21,23,24). The third-order valence-corrected chi connectivity index (χ3v) is 5.81. The third-order valence-electron chi connectivity index (χ3n) is 4.36. The average Bonchev–Trinajstić information content (AvgIpc) is 3.12. The van der Waals surface area contributed by atoms with E-state index in [9.17, 15) is 4.79 Å². The number of hydrogen-bond donors (Lipinski definition) is 2. The SMILES string of the molecule is CNc1ncc2c(n1)-c1cc(C(=O)NCc3ccc(Cl)cc3)sc1CC2. The monoisotopic (exact) mass is 384 g/mol. The first-order chi connectivity index (χ1) is 12.6. The summed E-state index contributed by atoms with van der Waals surface area (Å²) in [6, 6.07) is 9.41. The number of carbonyl (C=O) groups excluding carboxylic acids is 1. The summed E-state index contributed by atoms with van der Waals surface area (Å²) in [4.78, 5) is 23.4. The maximum atomic E-state index is 12.6. The van der Waals surface area contributed by atoms with Crippen LogP contribution in [0.15, 0.2) is 36.5 Å². The van der Waals surface area contributed by atoms with Gasteiger partial charge in [0, 0.05) is 35.3 Å². The predicted octanol–water partition coefficient (Wildman–Crippen LogP) is 3.93. The zero-order valence-corrected chi connectivity index (χ0v) is 15.7. The highest BCUT2D eigenvalue weighted by Gasteiger charge is 2.23. The Balaban J connectivity index is 1.55. The second kappa shape index (κ2) is 7.05. The molecule has 1 aliphatic rings. The largest absolute Gasteiger partial charge is 0.357 e. The van der Waals surface area contributed by atoms with Crippen LogP contribution in [0, 0.1) is 0 Å². The van der Waals surface area contributed by atoms with Crippen molar-refractivity contribution in [1.82, 2.24) is 15.3 Å². The number of benzene rings is 1. The first kappa shape index (κ1) is 17.0. The van der Waals surface area contributed by atoms with E-state index in [0.29, 0.717) is 22.4 Å². The Morgan fingerprint density at radius 1 is 1.27 bits per heavy atom. The summed E-state index contributed by atoms with van der Waals surface area (Å²) in [7, 11) is 1.80. The highest BCUT2D eigenvalue weighted by atomic mass is 35.5. The fourth-order valence-electron chi connectivity index (χ4n) is 2.99. The summed E-state index contributed by atoms with van der Waals surface area (Å²) in [5.74, 6) is 0.528. The predicted molar refractivity (Wildman–Crippen MR) is 105 cm³/mol. The molecule has 3 aromatic rings. The van der Waals surface area contributed by atoms with Gasteiger partial charge in [0.15, 0.2) is 0 Å². The second-order valence-electron chi connectivity index (χ2n) is 6.07. The van der Waals surface area contributed by atoms with Crippen LogP contribution in [0.3, 0.4) is 0 Å². The Bertz CT molecular complexity index is 968. The molecule has 4 rings (SSSR count). The Kier molecular flexibility index (Phi) is 4.61. The molecule has 1 aliphatic carbocycles. The lowest BCUT2D eigenvalue weighted by molar-refractivity contribution is 0.0955. The summed E-state index contributed by atoms with van der Waals surface area (Å²) in [6.07, 6.45) is 3.69. The molecule has 132 valence electrons. The molecule has 0 aliphatic heterocycles. The molecule has 26 heavy (non-hydrogen) atoms. The molecule has 5 nitrogen and oxygen atoms in total. The topological polar surface area (TPSA) is 66.9 Å². The minimum absolute atomic E-state index is 0.0659. The zero-order valence-electron chi connectivity index (χ0n) is 14.2. The maximum Gasteiger partial charge on any atom is 0.261 e. The molecule has 0 saturated carbocycles. The highest BCUT2D eigenvalue weighted by Crippen LogP contribution is 2.37. The van der Waals surface area contributed by atoms with Gasteiger partial charge in [0.05, 0.1) is 10.6 Å². The number of rotatable bonds is 4. The Hall–Kier alpha value is -2.44. The van der Waals surface area contributed by atoms with Crippen LogP contribution in [0.4, 0.5) is 5.95 Å². The van der Waals surface area contributed by atoms with Crippen molar-refractivity contribution >= 4 is 34.8 Å². The van der Waals surface area contributed by atoms with Crippen LogP contribution >= 0.6 is 22.9 Å². The molecule has 2 heterocycles. The summed E-state index contributed by atoms with van der Waals surface area (Å²) < 4.78 is 0. The summed E-state index contributed by atoms with van der Waals surface area (Å²) in [6.45, 7) is 0.473. The normalized spacial score (nSPS) is 12.2. The van der Waals surface area contributed by atoms with E-state index >= 15 is 0 Å². The molecule has 0 bridgehead atoms. The number of nitrogens with zero attached hydrogens (tertiary/aromatic N) is 2. The van der Waals surface area contributed by atoms with Crippen LogP contribution in [0.2, 0.25) is 5.02 Å². The number of thiophene rings is 1. The Morgan fingerprint density at radius 3 is 2.85 bits per heavy atom. The molecule has 0 radical (unpaired) electrons. The highest BCUT2D eigenvalue weighted by molar-refractivity contribution is 7.14. The van der Waals surface area contributed by atoms with Gasteiger partial charge >= 0.3 is 0 Å². The average molecular weight is 385 g/mol. The van der Waals surface area contributed by atoms with Crippen molar-refractivity contribution in [2.24, 2.45) is 0 Å². The van der Waals surface area contributed by atoms with Crippen LogP contribution in [0.5, 0.6) is 0 Å². The van der Waals surface area contributed by atoms with E-state index in [-0.39, 0.29) is 5.91 Å². The lowest BCUT2D eigenvalue weighted by Gasteiger charge is -2.15. The molecule has 1 aromatic carbocycles. The number of nitrogens with one attached hydrogen (secondary N) is 2. The Labute approximate surface area is 160 Å². The van der Waals surface area contributed by atoms with Crippen LogP contribution in [0.1, 0.15) is 25.7 Å². The number of aryl methyl sites for hydroxylation is 2. The fraction of sp³-hybridized carbons (Fsp3) is 0.211. The first-order valence-corrected chi connectivity index (χ1v) is 9.53. The van der Waals surface area contributed by atoms with E-state index in [1.807, 2.05) is 36.5 Å². The summed E-state index contributed by atoms with van der Waals surface area (Å²) in [5.41, 5.74) is 4.12. The number of aromatic nitrogens is 2. The molecule has 0 atom stereocenters. The number of halogens is 1. The van der Waals surface area contributed by atoms with Gasteiger partial charge in [-0.1, -0.05) is 23.7 Å². The summed E-state index contributed by atoms with van der Waals surface area (Å²) >= 11 is 7.43. The molecular weight excluding hydrogens is 368 g/mol. The minimum Gasteiger partial charge on any atom is -0.357 e. The van der Waals surface area contributed by atoms with Gasteiger partial charge in [0.25, 0.3) is 5.91 Å². The van der Waals surface area contributed by atoms with Gasteiger partial charge in [0.2, 0.25) is 5.95 Å². The molecule has 0 spiro atoms. The van der Waals surface area contributed by atoms with Crippen LogP contribution in [-0.2, 0) is 19.4 Å². The van der Waals surface area contributed by atoms with Gasteiger partial charge < -0.3 is 10.6 Å². The van der Waals surface area contributed by atoms with Crippen molar-refractivity contribution < 1.29 is 4.79 Å². The lowest BCUT2D eigenvalue weighted by Crippen LogP contribution is -2.21. The third kappa shape index (κ3) is 3.30. The Morgan fingerprint density at radius 2 is 2.08 bits per heavy atom. The first-order valence-electron chi connectivity index (χ1n) is 8.33. The molecule has 2 N–H and O–H groups in total. The smallest absolute Gasteiger partial charge is 0.261 e. The zero-order chi connectivity index (χ0) is 18.1. The van der Waals surface area contributed by atoms with Gasteiger partial charge in [0.1, 0.15) is 0 Å². The number of hydrogen-bond acceptors (Lipinski definition) is 5. The van der Waals surface area contributed by atoms with Crippen molar-refractivity contribution in [1.29, 1.82) is 0 Å². The van der Waals surface area contributed by atoms with Crippen LogP contribution in [0.25, 0.3) is 11.3 Å². The minimum atomic E-state index is -0.0659. The van der Waals surface area contributed by atoms with Crippen molar-refractivity contribution in [3.63, 3.8) is 0 Å². The van der Waals surface area contributed by atoms with E-state index in [0.717, 1.165) is 35.2 Å². The number of fused-ring (bicyclic) bond motifs is 3. The van der Waals surface area contributed by atoms with Crippen molar-refractivity contribution in [3.05, 3.63) is 62.4 Å². The maximum absolute atomic E-state index is 12.6. The molecule has 0 unspecified atom stereocenters. The summed E-state index contributed by atoms with van der Waals surface area (Å²) in [5, 5.41) is 6.63. The van der Waals surface area contributed by atoms with E-state index in [2.05, 4.69) is 20.6 Å². The van der Waals surface area contributed by atoms with Crippen LogP contribution in [-0.4, -0.2) is 22.9 Å². The van der Waals surface area contributed by atoms with Gasteiger partial charge in [-0.05, 0) is 42.2 Å². The number of anilines is 1. The van der Waals surface area contributed by atoms with E-state index in [1.54, 1.807) is 18.4 Å². The van der Waals surface area contributed by atoms with Crippen molar-refractivity contribution in [2.45, 2.75) is 19.4 Å². The van der Waals surface area contributed by atoms with E-state index in [4.69, 9.17) is 11.6 Å². The van der Waals surface area contributed by atoms with E-state index in [1.165, 1.54) is 4.88 Å². The van der Waals surface area contributed by atoms with Gasteiger partial charge in [-0.15, -0.1) is 11.3 Å². The molecular formula is C19H17ClN4OS. The second-order valence-corrected chi connectivity index (χ2v) is 7.65. The lowest BCUT2D eigenvalue weighted by atomic mass is 9.96. The van der Waals surface area contributed by atoms with Gasteiger partial charge in [-0.3, -0.25) is 4.79 Å². The van der Waals surface area contributed by atoms with E-state index < -0.39 is 0 Å². The fourth-order valence-corrected chi connectivity index (χ4v) is 4.19. The van der Waals surface area contributed by atoms with Crippen molar-refractivity contribution in [3.8, 4) is 11.3 Å². The quantitative estimate of drug-likeness (QED) is 0.715. The molecule has 1 amide bonds. The van der Waals surface area contributed by atoms with Crippen molar-refractivity contribution in [2.75, 3.05) is 12.4 Å². The number of amides is 1.